The maximum atomic E-state index is 10.2. The molecule has 0 saturated heterocycles. The van der Waals surface area contributed by atoms with E-state index in [1.54, 1.807) is 12.2 Å². The van der Waals surface area contributed by atoms with Crippen molar-refractivity contribution in [3.8, 4) is 0 Å². The number of hydrogen-bond acceptors (Lipinski definition) is 4. The van der Waals surface area contributed by atoms with Crippen molar-refractivity contribution in [1.29, 1.82) is 0 Å². The van der Waals surface area contributed by atoms with Gasteiger partial charge in [0.2, 0.25) is 12.2 Å². The first kappa shape index (κ1) is 9.33. The Kier molecular flexibility index (Phi) is 2.70. The smallest absolute Gasteiger partial charge is 0.211 e. The number of nitrogens with zero attached hydrogens (tertiary/aromatic N) is 2. The summed E-state index contributed by atoms with van der Waals surface area (Å²) in [5.41, 5.74) is -1.13. The molecule has 4 nitrogen and oxygen atoms in total. The lowest BCUT2D eigenvalue weighted by Gasteiger charge is -2.24. The van der Waals surface area contributed by atoms with E-state index < -0.39 is 5.66 Å². The van der Waals surface area contributed by atoms with Crippen LogP contribution in [0, 0.1) is 5.92 Å². The molecule has 4 heteroatoms. The van der Waals surface area contributed by atoms with E-state index in [0.717, 1.165) is 0 Å². The van der Waals surface area contributed by atoms with Crippen LogP contribution < -0.4 is 0 Å². The van der Waals surface area contributed by atoms with Gasteiger partial charge < -0.3 is 0 Å². The first-order valence-corrected chi connectivity index (χ1v) is 3.79. The van der Waals surface area contributed by atoms with E-state index in [0.29, 0.717) is 0 Å². The minimum Gasteiger partial charge on any atom is -0.211 e. The van der Waals surface area contributed by atoms with Crippen molar-refractivity contribution < 1.29 is 9.59 Å². The van der Waals surface area contributed by atoms with Gasteiger partial charge in [0.1, 0.15) is 0 Å². The van der Waals surface area contributed by atoms with Gasteiger partial charge in [-0.3, -0.25) is 0 Å². The predicted molar refractivity (Wildman–Crippen MR) is 46.4 cm³/mol. The first-order valence-electron chi connectivity index (χ1n) is 3.79. The number of rotatable bonds is 2. The molecular weight excluding hydrogens is 168 g/mol. The van der Waals surface area contributed by atoms with Crippen LogP contribution in [0.25, 0.3) is 0 Å². The maximum absolute atomic E-state index is 10.2. The molecule has 66 valence electrons. The van der Waals surface area contributed by atoms with Crippen molar-refractivity contribution in [2.24, 2.45) is 15.9 Å². The summed E-state index contributed by atoms with van der Waals surface area (Å²) in [6.45, 7) is 1.81. The second kappa shape index (κ2) is 3.76. The van der Waals surface area contributed by atoms with Crippen LogP contribution in [0.15, 0.2) is 34.3 Å². The Bertz CT molecular complexity index is 327. The zero-order chi connectivity index (χ0) is 9.73. The number of isocyanates is 2. The number of aliphatic imine (C=N–C) groups is 2. The van der Waals surface area contributed by atoms with Crippen molar-refractivity contribution in [3.63, 3.8) is 0 Å². The molecule has 0 N–H and O–H groups in total. The molecule has 0 aliphatic heterocycles. The zero-order valence-corrected chi connectivity index (χ0v) is 7.10. The van der Waals surface area contributed by atoms with Crippen LogP contribution in [0.2, 0.25) is 0 Å². The van der Waals surface area contributed by atoms with Crippen molar-refractivity contribution >= 4 is 12.2 Å². The summed E-state index contributed by atoms with van der Waals surface area (Å²) in [6, 6.07) is 0. The third kappa shape index (κ3) is 1.70. The van der Waals surface area contributed by atoms with Crippen molar-refractivity contribution in [3.05, 3.63) is 24.3 Å². The van der Waals surface area contributed by atoms with E-state index in [9.17, 15) is 9.59 Å². The summed E-state index contributed by atoms with van der Waals surface area (Å²) in [7, 11) is 0. The lowest BCUT2D eigenvalue weighted by atomic mass is 9.91. The largest absolute Gasteiger partial charge is 0.237 e. The second-order valence-corrected chi connectivity index (χ2v) is 2.72. The highest BCUT2D eigenvalue weighted by molar-refractivity contribution is 5.43. The zero-order valence-electron chi connectivity index (χ0n) is 7.10. The average Bonchev–Trinajstić information content (AvgIpc) is 2.11. The van der Waals surface area contributed by atoms with Crippen LogP contribution in [0.5, 0.6) is 0 Å². The third-order valence-corrected chi connectivity index (χ3v) is 1.97. The molecule has 0 aromatic carbocycles. The molecule has 0 heterocycles. The van der Waals surface area contributed by atoms with Gasteiger partial charge in [0, 0.05) is 5.92 Å². The Morgan fingerprint density at radius 1 is 1.23 bits per heavy atom. The molecule has 13 heavy (non-hydrogen) atoms. The number of carbonyl (C=O) groups excluding carboxylic acids is 2. The molecule has 1 aliphatic carbocycles. The fraction of sp³-hybridized carbons (Fsp3) is 0.333. The van der Waals surface area contributed by atoms with Crippen LogP contribution in [-0.4, -0.2) is 17.8 Å². The molecule has 0 radical (unpaired) electrons. The highest BCUT2D eigenvalue weighted by Crippen LogP contribution is 2.28. The molecule has 0 amide bonds. The van der Waals surface area contributed by atoms with Crippen molar-refractivity contribution in [2.75, 3.05) is 0 Å². The Labute approximate surface area is 75.4 Å². The average molecular weight is 176 g/mol. The van der Waals surface area contributed by atoms with E-state index in [-0.39, 0.29) is 5.92 Å². The Balaban J connectivity index is 3.17. The molecule has 0 saturated carbocycles. The first-order chi connectivity index (χ1) is 6.25. The summed E-state index contributed by atoms with van der Waals surface area (Å²) in [5.74, 6) is -0.139. The lowest BCUT2D eigenvalue weighted by molar-refractivity contribution is 0.427. The lowest BCUT2D eigenvalue weighted by Crippen LogP contribution is -2.29. The monoisotopic (exact) mass is 176 g/mol. The molecule has 0 fully saturated rings. The van der Waals surface area contributed by atoms with E-state index >= 15 is 0 Å². The molecule has 1 rings (SSSR count). The van der Waals surface area contributed by atoms with E-state index in [1.807, 2.05) is 19.1 Å². The normalized spacial score (nSPS) is 30.4. The quantitative estimate of drug-likeness (QED) is 0.467. The van der Waals surface area contributed by atoms with Gasteiger partial charge in [-0.05, 0) is 6.08 Å². The maximum Gasteiger partial charge on any atom is 0.237 e. The fourth-order valence-electron chi connectivity index (χ4n) is 1.17. The van der Waals surface area contributed by atoms with Crippen LogP contribution in [-0.2, 0) is 9.59 Å². The van der Waals surface area contributed by atoms with Gasteiger partial charge in [-0.2, -0.15) is 9.98 Å². The van der Waals surface area contributed by atoms with Gasteiger partial charge in [0.05, 0.1) is 0 Å². The number of allylic oxidation sites excluding steroid dienone is 2. The standard InChI is InChI=1S/C9H8N2O2/c1-8-4-2-3-5-9(8,10-6-12)11-7-13/h2-5,8H,1H3. The minimum absolute atomic E-state index is 0.139. The van der Waals surface area contributed by atoms with Gasteiger partial charge in [-0.25, -0.2) is 9.59 Å². The van der Waals surface area contributed by atoms with Crippen LogP contribution in [0.1, 0.15) is 6.92 Å². The SMILES string of the molecule is CC1C=CC=CC1(N=C=O)N=C=O. The van der Waals surface area contributed by atoms with Crippen LogP contribution in [0.4, 0.5) is 0 Å². The van der Waals surface area contributed by atoms with Gasteiger partial charge >= 0.3 is 0 Å². The summed E-state index contributed by atoms with van der Waals surface area (Å²) in [6.07, 6.45) is 9.70. The van der Waals surface area contributed by atoms with Gasteiger partial charge in [0.15, 0.2) is 5.66 Å². The molecule has 1 aliphatic rings. The van der Waals surface area contributed by atoms with Gasteiger partial charge in [0.25, 0.3) is 0 Å². The molecule has 0 aromatic rings. The second-order valence-electron chi connectivity index (χ2n) is 2.72. The van der Waals surface area contributed by atoms with Crippen LogP contribution >= 0.6 is 0 Å². The molecule has 0 bridgehead atoms. The summed E-state index contributed by atoms with van der Waals surface area (Å²) in [5, 5.41) is 0. The van der Waals surface area contributed by atoms with Crippen molar-refractivity contribution in [2.45, 2.75) is 12.6 Å². The van der Waals surface area contributed by atoms with E-state index in [1.165, 1.54) is 12.2 Å². The topological polar surface area (TPSA) is 58.9 Å². The van der Waals surface area contributed by atoms with Gasteiger partial charge in [-0.15, -0.1) is 0 Å². The molecule has 1 unspecified atom stereocenters. The Morgan fingerprint density at radius 3 is 2.31 bits per heavy atom. The summed E-state index contributed by atoms with van der Waals surface area (Å²) in [4.78, 5) is 27.3. The van der Waals surface area contributed by atoms with E-state index in [2.05, 4.69) is 9.98 Å². The Morgan fingerprint density at radius 2 is 1.85 bits per heavy atom. The van der Waals surface area contributed by atoms with Gasteiger partial charge in [-0.1, -0.05) is 25.2 Å². The highest BCUT2D eigenvalue weighted by atomic mass is 16.1. The van der Waals surface area contributed by atoms with Crippen molar-refractivity contribution in [1.82, 2.24) is 0 Å². The molecule has 0 spiro atoms. The highest BCUT2D eigenvalue weighted by Gasteiger charge is 2.33. The summed E-state index contributed by atoms with van der Waals surface area (Å²) < 4.78 is 0. The molecular formula is C9H8N2O2. The molecule has 1 atom stereocenters. The number of hydrogen-bond donors (Lipinski definition) is 0. The molecule has 0 aromatic heterocycles. The third-order valence-electron chi connectivity index (χ3n) is 1.97. The Hall–Kier alpha value is -1.76. The predicted octanol–water partition coefficient (Wildman–Crippen LogP) is 1.12. The van der Waals surface area contributed by atoms with Crippen LogP contribution in [0.3, 0.4) is 0 Å². The van der Waals surface area contributed by atoms with E-state index in [4.69, 9.17) is 0 Å². The fourth-order valence-corrected chi connectivity index (χ4v) is 1.17. The minimum atomic E-state index is -1.13. The summed E-state index contributed by atoms with van der Waals surface area (Å²) >= 11 is 0.